The molecule has 5 nitrogen and oxygen atoms in total. The van der Waals surface area contributed by atoms with E-state index in [4.69, 9.17) is 10.7 Å². The largest absolute Gasteiger partial charge is 0.433 e. The van der Waals surface area contributed by atoms with Crippen LogP contribution in [-0.4, -0.2) is 23.0 Å². The van der Waals surface area contributed by atoms with Gasteiger partial charge in [0.2, 0.25) is 0 Å². The summed E-state index contributed by atoms with van der Waals surface area (Å²) in [6, 6.07) is 0.698. The van der Waals surface area contributed by atoms with E-state index in [1.54, 1.807) is 0 Å². The molecule has 0 spiro atoms. The molecule has 0 radical (unpaired) electrons. The molecule has 0 aliphatic rings. The molecule has 2 rings (SSSR count). The summed E-state index contributed by atoms with van der Waals surface area (Å²) in [7, 11) is 0.928. The first-order valence-corrected chi connectivity index (χ1v) is 6.79. The summed E-state index contributed by atoms with van der Waals surface area (Å²) in [5.74, 6) is 0. The molecular formula is C8H5ClF3N3O2S. The molecule has 0 fully saturated rings. The molecule has 18 heavy (non-hydrogen) atoms. The molecular weight excluding hydrogens is 295 g/mol. The molecule has 2 aromatic heterocycles. The molecule has 98 valence electrons. The number of alkyl halides is 3. The Balaban J connectivity index is 2.93. The number of nitrogens with zero attached hydrogens (tertiary/aromatic N) is 3. The first kappa shape index (κ1) is 13.1. The number of aryl methyl sites for hydroxylation is 1. The third kappa shape index (κ3) is 2.03. The van der Waals surface area contributed by atoms with Crippen molar-refractivity contribution in [2.45, 2.75) is 18.0 Å². The first-order valence-electron chi connectivity index (χ1n) is 4.48. The van der Waals surface area contributed by atoms with Crippen LogP contribution in [0.4, 0.5) is 13.2 Å². The molecule has 0 saturated heterocycles. The summed E-state index contributed by atoms with van der Waals surface area (Å²) in [6.07, 6.45) is -3.82. The van der Waals surface area contributed by atoms with Crippen molar-refractivity contribution < 1.29 is 21.6 Å². The fourth-order valence-corrected chi connectivity index (χ4v) is 2.82. The van der Waals surface area contributed by atoms with Crippen molar-refractivity contribution in [2.75, 3.05) is 0 Å². The molecule has 2 heterocycles. The Morgan fingerprint density at radius 3 is 2.50 bits per heavy atom. The van der Waals surface area contributed by atoms with Gasteiger partial charge in [-0.15, -0.1) is 0 Å². The van der Waals surface area contributed by atoms with E-state index in [9.17, 15) is 21.6 Å². The zero-order chi connectivity index (χ0) is 13.7. The zero-order valence-corrected chi connectivity index (χ0v) is 10.3. The molecule has 0 aromatic carbocycles. The van der Waals surface area contributed by atoms with E-state index in [1.807, 2.05) is 0 Å². The Kier molecular flexibility index (Phi) is 2.78. The summed E-state index contributed by atoms with van der Waals surface area (Å²) >= 11 is 0. The maximum atomic E-state index is 12.7. The molecule has 10 heteroatoms. The van der Waals surface area contributed by atoms with Gasteiger partial charge in [-0.25, -0.2) is 17.9 Å². The molecule has 0 N–H and O–H groups in total. The van der Waals surface area contributed by atoms with Crippen molar-refractivity contribution in [3.63, 3.8) is 0 Å². The lowest BCUT2D eigenvalue weighted by atomic mass is 10.4. The van der Waals surface area contributed by atoms with Crippen LogP contribution in [0.15, 0.2) is 17.2 Å². The normalized spacial score (nSPS) is 13.2. The van der Waals surface area contributed by atoms with Crippen LogP contribution in [0.2, 0.25) is 0 Å². The second kappa shape index (κ2) is 3.82. The minimum absolute atomic E-state index is 0.144. The van der Waals surface area contributed by atoms with E-state index in [1.165, 1.54) is 6.92 Å². The summed E-state index contributed by atoms with van der Waals surface area (Å²) in [5, 5.41) is 3.52. The number of fused-ring (bicyclic) bond motifs is 1. The maximum absolute atomic E-state index is 12.7. The van der Waals surface area contributed by atoms with Crippen molar-refractivity contribution in [1.82, 2.24) is 14.6 Å². The number of aromatic nitrogens is 3. The van der Waals surface area contributed by atoms with Crippen LogP contribution in [-0.2, 0) is 15.2 Å². The minimum atomic E-state index is -4.67. The lowest BCUT2D eigenvalue weighted by Crippen LogP contribution is -2.12. The molecule has 0 saturated carbocycles. The van der Waals surface area contributed by atoms with Gasteiger partial charge in [-0.2, -0.15) is 18.3 Å². The molecule has 0 atom stereocenters. The molecule has 0 bridgehead atoms. The van der Waals surface area contributed by atoms with Gasteiger partial charge in [-0.1, -0.05) is 0 Å². The van der Waals surface area contributed by atoms with Gasteiger partial charge >= 0.3 is 6.18 Å². The number of hydrogen-bond donors (Lipinski definition) is 0. The van der Waals surface area contributed by atoms with Gasteiger partial charge in [0.05, 0.1) is 5.69 Å². The molecule has 0 amide bonds. The molecule has 0 aliphatic heterocycles. The fourth-order valence-electron chi connectivity index (χ4n) is 1.53. The van der Waals surface area contributed by atoms with Gasteiger partial charge in [0.25, 0.3) is 9.05 Å². The lowest BCUT2D eigenvalue weighted by molar-refractivity contribution is -0.142. The van der Waals surface area contributed by atoms with Crippen LogP contribution in [0, 0.1) is 6.92 Å². The van der Waals surface area contributed by atoms with Crippen LogP contribution in [0.5, 0.6) is 0 Å². The molecule has 0 unspecified atom stereocenters. The van der Waals surface area contributed by atoms with E-state index in [0.29, 0.717) is 10.6 Å². The second-order valence-corrected chi connectivity index (χ2v) is 5.92. The molecule has 0 aliphatic carbocycles. The highest BCUT2D eigenvalue weighted by Crippen LogP contribution is 2.31. The van der Waals surface area contributed by atoms with Crippen LogP contribution in [0.3, 0.4) is 0 Å². The van der Waals surface area contributed by atoms with Crippen molar-refractivity contribution in [3.8, 4) is 0 Å². The van der Waals surface area contributed by atoms with Crippen LogP contribution in [0.25, 0.3) is 5.65 Å². The summed E-state index contributed by atoms with van der Waals surface area (Å²) in [6.45, 7) is 1.24. The smallest absolute Gasteiger partial charge is 0.236 e. The zero-order valence-electron chi connectivity index (χ0n) is 8.73. The van der Waals surface area contributed by atoms with E-state index in [2.05, 4.69) is 10.1 Å². The lowest BCUT2D eigenvalue weighted by Gasteiger charge is -2.07. The third-order valence-corrected chi connectivity index (χ3v) is 3.60. The van der Waals surface area contributed by atoms with Crippen LogP contribution >= 0.6 is 10.7 Å². The van der Waals surface area contributed by atoms with Crippen LogP contribution < -0.4 is 0 Å². The highest BCUT2D eigenvalue weighted by Gasteiger charge is 2.36. The van der Waals surface area contributed by atoms with Gasteiger partial charge in [0.1, 0.15) is 10.6 Å². The Hall–Kier alpha value is -1.35. The van der Waals surface area contributed by atoms with Crippen molar-refractivity contribution in [3.05, 3.63) is 23.7 Å². The Labute approximate surface area is 104 Å². The number of rotatable bonds is 1. The maximum Gasteiger partial charge on any atom is 0.433 e. The monoisotopic (exact) mass is 299 g/mol. The minimum Gasteiger partial charge on any atom is -0.236 e. The first-order chi connectivity index (χ1) is 8.12. The van der Waals surface area contributed by atoms with Gasteiger partial charge in [0, 0.05) is 16.9 Å². The Bertz CT molecular complexity index is 723. The van der Waals surface area contributed by atoms with Gasteiger partial charge in [0.15, 0.2) is 5.65 Å². The second-order valence-electron chi connectivity index (χ2n) is 3.42. The Morgan fingerprint density at radius 2 is 2.00 bits per heavy atom. The SMILES string of the molecule is Cc1nn2c(C(F)(F)F)ccnc2c1S(=O)(=O)Cl. The van der Waals surface area contributed by atoms with Crippen molar-refractivity contribution in [2.24, 2.45) is 0 Å². The average Bonchev–Trinajstić information content (AvgIpc) is 2.50. The van der Waals surface area contributed by atoms with E-state index in [0.717, 1.165) is 6.20 Å². The summed E-state index contributed by atoms with van der Waals surface area (Å²) < 4.78 is 61.0. The van der Waals surface area contributed by atoms with Gasteiger partial charge in [-0.05, 0) is 13.0 Å². The predicted octanol–water partition coefficient (Wildman–Crippen LogP) is 1.98. The average molecular weight is 300 g/mol. The predicted molar refractivity (Wildman–Crippen MR) is 55.8 cm³/mol. The summed E-state index contributed by atoms with van der Waals surface area (Å²) in [5.41, 5.74) is -1.71. The quantitative estimate of drug-likeness (QED) is 0.755. The Morgan fingerprint density at radius 1 is 1.39 bits per heavy atom. The standard InChI is InChI=1S/C8H5ClF3N3O2S/c1-4-6(18(9,16)17)7-13-3-2-5(8(10,11)12)15(7)14-4/h2-3H,1H3. The highest BCUT2D eigenvalue weighted by molar-refractivity contribution is 8.14. The van der Waals surface area contributed by atoms with Crippen molar-refractivity contribution >= 4 is 25.4 Å². The molecule has 2 aromatic rings. The van der Waals surface area contributed by atoms with Gasteiger partial charge < -0.3 is 0 Å². The third-order valence-electron chi connectivity index (χ3n) is 2.17. The van der Waals surface area contributed by atoms with Gasteiger partial charge in [-0.3, -0.25) is 0 Å². The van der Waals surface area contributed by atoms with E-state index >= 15 is 0 Å². The van der Waals surface area contributed by atoms with Crippen LogP contribution in [0.1, 0.15) is 11.4 Å². The highest BCUT2D eigenvalue weighted by atomic mass is 35.7. The van der Waals surface area contributed by atoms with Crippen molar-refractivity contribution in [1.29, 1.82) is 0 Å². The number of hydrogen-bond acceptors (Lipinski definition) is 4. The van der Waals surface area contributed by atoms with E-state index < -0.39 is 31.5 Å². The topological polar surface area (TPSA) is 64.3 Å². The fraction of sp³-hybridized carbons (Fsp3) is 0.250. The summed E-state index contributed by atoms with van der Waals surface area (Å²) in [4.78, 5) is 3.06. The van der Waals surface area contributed by atoms with E-state index in [-0.39, 0.29) is 5.69 Å². The number of halogens is 4.